The van der Waals surface area contributed by atoms with E-state index in [-0.39, 0.29) is 16.7 Å². The average molecular weight is 229 g/mol. The first kappa shape index (κ1) is 12.0. The van der Waals surface area contributed by atoms with Crippen LogP contribution in [0.5, 0.6) is 5.75 Å². The summed E-state index contributed by atoms with van der Waals surface area (Å²) < 4.78 is 28.4. The zero-order chi connectivity index (χ0) is 11.5. The van der Waals surface area contributed by atoms with Crippen molar-refractivity contribution >= 4 is 9.84 Å². The third-order valence-electron chi connectivity index (χ3n) is 1.90. The average Bonchev–Trinajstić information content (AvgIpc) is 2.16. The molecule has 1 unspecified atom stereocenters. The van der Waals surface area contributed by atoms with Gasteiger partial charge in [0, 0.05) is 6.04 Å². The number of sulfone groups is 1. The molecule has 84 valence electrons. The van der Waals surface area contributed by atoms with Gasteiger partial charge in [-0.3, -0.25) is 0 Å². The second kappa shape index (κ2) is 4.63. The topological polar surface area (TPSA) is 69.4 Å². The third kappa shape index (κ3) is 3.21. The van der Waals surface area contributed by atoms with Crippen molar-refractivity contribution in [3.8, 4) is 5.75 Å². The van der Waals surface area contributed by atoms with Gasteiger partial charge in [0.25, 0.3) is 0 Å². The van der Waals surface area contributed by atoms with Gasteiger partial charge in [0.15, 0.2) is 9.84 Å². The van der Waals surface area contributed by atoms with Crippen LogP contribution in [0.4, 0.5) is 0 Å². The Balaban J connectivity index is 2.96. The molecule has 0 fully saturated rings. The molecular weight excluding hydrogens is 214 g/mol. The Morgan fingerprint density at radius 3 is 2.27 bits per heavy atom. The smallest absolute Gasteiger partial charge is 0.179 e. The fourth-order valence-electron chi connectivity index (χ4n) is 1.23. The lowest BCUT2D eigenvalue weighted by atomic mass is 10.3. The molecule has 0 amide bonds. The van der Waals surface area contributed by atoms with Gasteiger partial charge in [-0.05, 0) is 31.2 Å². The predicted molar refractivity (Wildman–Crippen MR) is 58.7 cm³/mol. The van der Waals surface area contributed by atoms with Gasteiger partial charge in [-0.1, -0.05) is 0 Å². The molecule has 0 radical (unpaired) electrons. The van der Waals surface area contributed by atoms with Crippen molar-refractivity contribution in [3.63, 3.8) is 0 Å². The molecule has 0 heterocycles. The molecule has 0 aliphatic rings. The van der Waals surface area contributed by atoms with Gasteiger partial charge in [0.1, 0.15) is 5.75 Å². The second-order valence-electron chi connectivity index (χ2n) is 3.43. The van der Waals surface area contributed by atoms with E-state index in [2.05, 4.69) is 0 Å². The fourth-order valence-corrected chi connectivity index (χ4v) is 2.66. The Labute approximate surface area is 90.0 Å². The molecule has 4 nitrogen and oxygen atoms in total. The molecule has 0 spiro atoms. The van der Waals surface area contributed by atoms with E-state index >= 15 is 0 Å². The van der Waals surface area contributed by atoms with Gasteiger partial charge in [-0.2, -0.15) is 0 Å². The van der Waals surface area contributed by atoms with E-state index in [0.717, 1.165) is 0 Å². The molecule has 5 heteroatoms. The van der Waals surface area contributed by atoms with Crippen LogP contribution in [-0.2, 0) is 9.84 Å². The number of methoxy groups -OCH3 is 1. The summed E-state index contributed by atoms with van der Waals surface area (Å²) in [4.78, 5) is 0.278. The van der Waals surface area contributed by atoms with E-state index in [9.17, 15) is 8.42 Å². The lowest BCUT2D eigenvalue weighted by molar-refractivity contribution is 0.414. The van der Waals surface area contributed by atoms with Crippen LogP contribution in [-0.4, -0.2) is 27.3 Å². The summed E-state index contributed by atoms with van der Waals surface area (Å²) in [5.74, 6) is 0.592. The highest BCUT2D eigenvalue weighted by atomic mass is 32.2. The molecule has 0 saturated heterocycles. The molecule has 1 aromatic rings. The van der Waals surface area contributed by atoms with Crippen molar-refractivity contribution in [1.29, 1.82) is 0 Å². The van der Waals surface area contributed by atoms with Gasteiger partial charge in [0.05, 0.1) is 17.8 Å². The monoisotopic (exact) mass is 229 g/mol. The molecule has 0 bridgehead atoms. The Morgan fingerprint density at radius 2 is 1.87 bits per heavy atom. The van der Waals surface area contributed by atoms with Crippen molar-refractivity contribution in [2.75, 3.05) is 12.9 Å². The van der Waals surface area contributed by atoms with Crippen LogP contribution in [0.15, 0.2) is 29.2 Å². The molecule has 0 aliphatic carbocycles. The minimum Gasteiger partial charge on any atom is -0.497 e. The number of ether oxygens (including phenoxy) is 1. The van der Waals surface area contributed by atoms with E-state index in [0.29, 0.717) is 5.75 Å². The van der Waals surface area contributed by atoms with E-state index in [1.54, 1.807) is 19.1 Å². The summed E-state index contributed by atoms with van der Waals surface area (Å²) in [5, 5.41) is 0. The summed E-state index contributed by atoms with van der Waals surface area (Å²) in [7, 11) is -1.73. The first-order chi connectivity index (χ1) is 6.95. The standard InChI is InChI=1S/C10H15NO3S/c1-8(11)7-15(12,13)10-5-3-9(14-2)4-6-10/h3-6,8H,7,11H2,1-2H3. The van der Waals surface area contributed by atoms with Gasteiger partial charge in [0.2, 0.25) is 0 Å². The van der Waals surface area contributed by atoms with Crippen molar-refractivity contribution in [2.45, 2.75) is 17.9 Å². The SMILES string of the molecule is COc1ccc(S(=O)(=O)CC(C)N)cc1. The largest absolute Gasteiger partial charge is 0.497 e. The van der Waals surface area contributed by atoms with Crippen molar-refractivity contribution in [3.05, 3.63) is 24.3 Å². The normalized spacial score (nSPS) is 13.5. The van der Waals surface area contributed by atoms with E-state index < -0.39 is 9.84 Å². The number of rotatable bonds is 4. The molecule has 15 heavy (non-hydrogen) atoms. The van der Waals surface area contributed by atoms with E-state index in [1.807, 2.05) is 0 Å². The van der Waals surface area contributed by atoms with Gasteiger partial charge in [-0.15, -0.1) is 0 Å². The fraction of sp³-hybridized carbons (Fsp3) is 0.400. The Morgan fingerprint density at radius 1 is 1.33 bits per heavy atom. The maximum atomic E-state index is 11.7. The quantitative estimate of drug-likeness (QED) is 0.829. The molecule has 1 rings (SSSR count). The maximum absolute atomic E-state index is 11.7. The van der Waals surface area contributed by atoms with Crippen LogP contribution >= 0.6 is 0 Å². The summed E-state index contributed by atoms with van der Waals surface area (Å²) >= 11 is 0. The van der Waals surface area contributed by atoms with E-state index in [4.69, 9.17) is 10.5 Å². The molecule has 0 saturated carbocycles. The lowest BCUT2D eigenvalue weighted by Gasteiger charge is -2.07. The number of hydrogen-bond donors (Lipinski definition) is 1. The third-order valence-corrected chi connectivity index (χ3v) is 3.86. The first-order valence-electron chi connectivity index (χ1n) is 4.58. The molecule has 0 aliphatic heterocycles. The Kier molecular flexibility index (Phi) is 3.71. The van der Waals surface area contributed by atoms with Gasteiger partial charge >= 0.3 is 0 Å². The van der Waals surface area contributed by atoms with Crippen LogP contribution in [0, 0.1) is 0 Å². The highest BCUT2D eigenvalue weighted by molar-refractivity contribution is 7.91. The summed E-state index contributed by atoms with van der Waals surface area (Å²) in [6.45, 7) is 1.67. The number of hydrogen-bond acceptors (Lipinski definition) is 4. The highest BCUT2D eigenvalue weighted by Gasteiger charge is 2.16. The van der Waals surface area contributed by atoms with Crippen LogP contribution in [0.25, 0.3) is 0 Å². The van der Waals surface area contributed by atoms with Crippen LogP contribution < -0.4 is 10.5 Å². The lowest BCUT2D eigenvalue weighted by Crippen LogP contribution is -2.26. The van der Waals surface area contributed by atoms with Crippen LogP contribution in [0.2, 0.25) is 0 Å². The van der Waals surface area contributed by atoms with Gasteiger partial charge in [-0.25, -0.2) is 8.42 Å². The van der Waals surface area contributed by atoms with Crippen molar-refractivity contribution in [2.24, 2.45) is 5.73 Å². The molecule has 1 aromatic carbocycles. The Bertz CT molecular complexity index is 409. The second-order valence-corrected chi connectivity index (χ2v) is 5.47. The number of benzene rings is 1. The molecule has 0 aromatic heterocycles. The minimum atomic E-state index is -3.27. The maximum Gasteiger partial charge on any atom is 0.179 e. The molecule has 1 atom stereocenters. The number of nitrogens with two attached hydrogens (primary N) is 1. The summed E-state index contributed by atoms with van der Waals surface area (Å²) in [6, 6.07) is 5.92. The Hall–Kier alpha value is -1.07. The summed E-state index contributed by atoms with van der Waals surface area (Å²) in [5.41, 5.74) is 5.47. The van der Waals surface area contributed by atoms with Crippen molar-refractivity contribution < 1.29 is 13.2 Å². The molecular formula is C10H15NO3S. The first-order valence-corrected chi connectivity index (χ1v) is 6.23. The van der Waals surface area contributed by atoms with Crippen LogP contribution in [0.3, 0.4) is 0 Å². The van der Waals surface area contributed by atoms with Crippen LogP contribution in [0.1, 0.15) is 6.92 Å². The van der Waals surface area contributed by atoms with E-state index in [1.165, 1.54) is 19.2 Å². The highest BCUT2D eigenvalue weighted by Crippen LogP contribution is 2.16. The zero-order valence-corrected chi connectivity index (χ0v) is 9.62. The zero-order valence-electron chi connectivity index (χ0n) is 8.80. The minimum absolute atomic E-state index is 0.0423. The van der Waals surface area contributed by atoms with Crippen molar-refractivity contribution in [1.82, 2.24) is 0 Å². The summed E-state index contributed by atoms with van der Waals surface area (Å²) in [6.07, 6.45) is 0. The predicted octanol–water partition coefficient (Wildman–Crippen LogP) is 0.816. The van der Waals surface area contributed by atoms with Gasteiger partial charge < -0.3 is 10.5 Å². The molecule has 2 N–H and O–H groups in total.